The maximum Gasteiger partial charge on any atom is 0.227 e. The smallest absolute Gasteiger partial charge is 0.227 e. The molecule has 2 aliphatic rings. The molecule has 178 valence electrons. The molecule has 7 nitrogen and oxygen atoms in total. The van der Waals surface area contributed by atoms with Crippen LogP contribution in [0.2, 0.25) is 5.02 Å². The van der Waals surface area contributed by atoms with E-state index in [-0.39, 0.29) is 24.1 Å². The number of sulfonamides is 1. The maximum absolute atomic E-state index is 13.2. The molecule has 0 spiro atoms. The Labute approximate surface area is 200 Å². The number of piperidine rings is 1. The lowest BCUT2D eigenvalue weighted by atomic mass is 9.97. The molecule has 2 heterocycles. The second kappa shape index (κ2) is 10.3. The molecule has 4 rings (SSSR count). The van der Waals surface area contributed by atoms with Gasteiger partial charge in [0.2, 0.25) is 15.9 Å². The van der Waals surface area contributed by atoms with Crippen LogP contribution in [0, 0.1) is 5.92 Å². The van der Waals surface area contributed by atoms with Crippen LogP contribution in [0.3, 0.4) is 0 Å². The summed E-state index contributed by atoms with van der Waals surface area (Å²) in [7, 11) is -1.90. The van der Waals surface area contributed by atoms with Crippen molar-refractivity contribution >= 4 is 33.2 Å². The minimum atomic E-state index is -3.55. The van der Waals surface area contributed by atoms with Gasteiger partial charge in [-0.15, -0.1) is 0 Å². The normalized spacial score (nSPS) is 20.0. The van der Waals surface area contributed by atoms with Crippen LogP contribution in [0.25, 0.3) is 0 Å². The van der Waals surface area contributed by atoms with Crippen LogP contribution < -0.4 is 9.64 Å². The van der Waals surface area contributed by atoms with Gasteiger partial charge in [-0.2, -0.15) is 0 Å². The zero-order chi connectivity index (χ0) is 23.4. The predicted molar refractivity (Wildman–Crippen MR) is 130 cm³/mol. The Morgan fingerprint density at radius 3 is 2.39 bits per heavy atom. The van der Waals surface area contributed by atoms with E-state index in [1.807, 2.05) is 29.2 Å². The molecule has 1 atom stereocenters. The van der Waals surface area contributed by atoms with Gasteiger partial charge in [0.15, 0.2) is 0 Å². The van der Waals surface area contributed by atoms with E-state index in [1.165, 1.54) is 4.31 Å². The highest BCUT2D eigenvalue weighted by Gasteiger charge is 2.35. The molecule has 2 aromatic rings. The highest BCUT2D eigenvalue weighted by molar-refractivity contribution is 7.88. The number of amides is 1. The van der Waals surface area contributed by atoms with Gasteiger partial charge in [-0.25, -0.2) is 12.7 Å². The molecule has 0 bridgehead atoms. The Morgan fingerprint density at radius 1 is 1.03 bits per heavy atom. The number of rotatable bonds is 6. The van der Waals surface area contributed by atoms with Crippen molar-refractivity contribution in [2.24, 2.45) is 5.92 Å². The molecule has 33 heavy (non-hydrogen) atoms. The fraction of sp³-hybridized carbons (Fsp3) is 0.458. The first kappa shape index (κ1) is 23.9. The van der Waals surface area contributed by atoms with Crippen LogP contribution in [0.5, 0.6) is 5.75 Å². The summed E-state index contributed by atoms with van der Waals surface area (Å²) < 4.78 is 32.7. The Kier molecular flexibility index (Phi) is 7.46. The van der Waals surface area contributed by atoms with Gasteiger partial charge in [-0.3, -0.25) is 4.79 Å². The van der Waals surface area contributed by atoms with Gasteiger partial charge in [0, 0.05) is 50.0 Å². The van der Waals surface area contributed by atoms with E-state index >= 15 is 0 Å². The van der Waals surface area contributed by atoms with E-state index in [1.54, 1.807) is 31.4 Å². The minimum absolute atomic E-state index is 0.0574. The second-order valence-corrected chi connectivity index (χ2v) is 10.9. The maximum atomic E-state index is 13.2. The van der Waals surface area contributed by atoms with Gasteiger partial charge < -0.3 is 14.5 Å². The highest BCUT2D eigenvalue weighted by atomic mass is 35.5. The van der Waals surface area contributed by atoms with Gasteiger partial charge in [-0.1, -0.05) is 29.8 Å². The number of nitrogens with zero attached hydrogens (tertiary/aromatic N) is 3. The van der Waals surface area contributed by atoms with Crippen molar-refractivity contribution < 1.29 is 17.9 Å². The number of hydrogen-bond donors (Lipinski definition) is 0. The van der Waals surface area contributed by atoms with Crippen LogP contribution in [0.15, 0.2) is 48.5 Å². The zero-order valence-electron chi connectivity index (χ0n) is 18.8. The number of carbonyl (C=O) groups excluding carboxylic acids is 1. The highest BCUT2D eigenvalue weighted by Crippen LogP contribution is 2.26. The first-order valence-corrected chi connectivity index (χ1v) is 13.2. The van der Waals surface area contributed by atoms with E-state index in [2.05, 4.69) is 4.90 Å². The summed E-state index contributed by atoms with van der Waals surface area (Å²) >= 11 is 6.17. The molecule has 9 heteroatoms. The average Bonchev–Trinajstić information content (AvgIpc) is 2.85. The lowest BCUT2D eigenvalue weighted by molar-refractivity contribution is -0.137. The quantitative estimate of drug-likeness (QED) is 0.620. The number of ether oxygens (including phenoxy) is 1. The summed E-state index contributed by atoms with van der Waals surface area (Å²) in [5.74, 6) is 0.432. The number of methoxy groups -OCH3 is 1. The van der Waals surface area contributed by atoms with Gasteiger partial charge >= 0.3 is 0 Å². The van der Waals surface area contributed by atoms with Gasteiger partial charge in [0.1, 0.15) is 5.75 Å². The fourth-order valence-electron chi connectivity index (χ4n) is 4.54. The van der Waals surface area contributed by atoms with E-state index in [0.29, 0.717) is 36.6 Å². The Bertz CT molecular complexity index is 1070. The van der Waals surface area contributed by atoms with Crippen molar-refractivity contribution in [3.8, 4) is 5.75 Å². The molecular formula is C24H30ClN3O4S. The summed E-state index contributed by atoms with van der Waals surface area (Å²) in [5.41, 5.74) is 1.69. The molecular weight excluding hydrogens is 462 g/mol. The standard InChI is InChI=1S/C24H30ClN3O4S/c1-32-22-10-8-21(9-11-22)26-13-15-27(16-14-26)24(29)19-6-4-12-28(17-19)33(30,31)18-20-5-2-3-7-23(20)25/h2-3,5,7-11,19H,4,6,12-18H2,1H3/t19-/m1/s1. The summed E-state index contributed by atoms with van der Waals surface area (Å²) in [6.07, 6.45) is 1.40. The lowest BCUT2D eigenvalue weighted by Gasteiger charge is -2.39. The molecule has 0 aromatic heterocycles. The molecule has 2 saturated heterocycles. The number of piperazine rings is 1. The molecule has 2 aliphatic heterocycles. The molecule has 0 unspecified atom stereocenters. The Hall–Kier alpha value is -2.29. The van der Waals surface area contributed by atoms with Crippen LogP contribution >= 0.6 is 11.6 Å². The van der Waals surface area contributed by atoms with Crippen molar-refractivity contribution in [1.29, 1.82) is 0 Å². The van der Waals surface area contributed by atoms with Crippen LogP contribution in [0.1, 0.15) is 18.4 Å². The summed E-state index contributed by atoms with van der Waals surface area (Å²) in [5, 5.41) is 0.445. The lowest BCUT2D eigenvalue weighted by Crippen LogP contribution is -2.53. The summed E-state index contributed by atoms with van der Waals surface area (Å²) in [6, 6.07) is 14.9. The van der Waals surface area contributed by atoms with E-state index in [0.717, 1.165) is 30.9 Å². The Morgan fingerprint density at radius 2 is 1.73 bits per heavy atom. The topological polar surface area (TPSA) is 70.2 Å². The number of hydrogen-bond acceptors (Lipinski definition) is 5. The monoisotopic (exact) mass is 491 g/mol. The largest absolute Gasteiger partial charge is 0.497 e. The molecule has 2 fully saturated rings. The third-order valence-corrected chi connectivity index (χ3v) is 8.61. The molecule has 0 saturated carbocycles. The third-order valence-electron chi connectivity index (χ3n) is 6.45. The number of benzene rings is 2. The fourth-order valence-corrected chi connectivity index (χ4v) is 6.46. The van der Waals surface area contributed by atoms with Crippen molar-refractivity contribution in [2.45, 2.75) is 18.6 Å². The summed E-state index contributed by atoms with van der Waals surface area (Å²) in [6.45, 7) is 3.45. The minimum Gasteiger partial charge on any atom is -0.497 e. The van der Waals surface area contributed by atoms with Crippen molar-refractivity contribution in [3.63, 3.8) is 0 Å². The van der Waals surface area contributed by atoms with Crippen LogP contribution in [-0.2, 0) is 20.6 Å². The second-order valence-electron chi connectivity index (χ2n) is 8.56. The first-order valence-electron chi connectivity index (χ1n) is 11.3. The molecule has 0 N–H and O–H groups in total. The van der Waals surface area contributed by atoms with E-state index < -0.39 is 10.0 Å². The average molecular weight is 492 g/mol. The van der Waals surface area contributed by atoms with Crippen molar-refractivity contribution in [1.82, 2.24) is 9.21 Å². The van der Waals surface area contributed by atoms with E-state index in [4.69, 9.17) is 16.3 Å². The van der Waals surface area contributed by atoms with Gasteiger partial charge in [-0.05, 0) is 48.7 Å². The van der Waals surface area contributed by atoms with Crippen molar-refractivity contribution in [3.05, 3.63) is 59.1 Å². The van der Waals surface area contributed by atoms with Crippen LogP contribution in [0.4, 0.5) is 5.69 Å². The third kappa shape index (κ3) is 5.62. The van der Waals surface area contributed by atoms with Crippen molar-refractivity contribution in [2.75, 3.05) is 51.3 Å². The molecule has 2 aromatic carbocycles. The van der Waals surface area contributed by atoms with Crippen LogP contribution in [-0.4, -0.2) is 69.9 Å². The number of anilines is 1. The predicted octanol–water partition coefficient (Wildman–Crippen LogP) is 3.24. The SMILES string of the molecule is COc1ccc(N2CCN(C(=O)[C@@H]3CCCN(S(=O)(=O)Cc4ccccc4Cl)C3)CC2)cc1. The van der Waals surface area contributed by atoms with E-state index in [9.17, 15) is 13.2 Å². The van der Waals surface area contributed by atoms with Gasteiger partial charge in [0.25, 0.3) is 0 Å². The number of halogens is 1. The molecule has 1 amide bonds. The summed E-state index contributed by atoms with van der Waals surface area (Å²) in [4.78, 5) is 17.4. The number of carbonyl (C=O) groups is 1. The first-order chi connectivity index (χ1) is 15.9. The molecule has 0 radical (unpaired) electrons. The van der Waals surface area contributed by atoms with Gasteiger partial charge in [0.05, 0.1) is 18.8 Å². The Balaban J connectivity index is 1.34. The zero-order valence-corrected chi connectivity index (χ0v) is 20.4. The molecule has 0 aliphatic carbocycles.